The first kappa shape index (κ1) is 23.3. The first-order valence-electron chi connectivity index (χ1n) is 10.9. The summed E-state index contributed by atoms with van der Waals surface area (Å²) in [5.41, 5.74) is 1.19. The molecule has 0 radical (unpaired) electrons. The molecule has 2 aromatic heterocycles. The predicted molar refractivity (Wildman–Crippen MR) is 132 cm³/mol. The number of rotatable bonds is 7. The number of hydrogen-bond donors (Lipinski definition) is 1. The standard InChI is InChI=1S/C24H23N3O6S2/c1-31-16-8-10-17(11-9-16)35(29,30)27-12-4-6-19(27)23(28)26-24-25-18(14-34-24)21-13-15-5-3-7-20(32-2)22(15)33-21/h3,5,7-11,13-14,19H,4,6,12H2,1-2H3,(H,25,26,28). The lowest BCUT2D eigenvalue weighted by atomic mass is 10.2. The zero-order valence-electron chi connectivity index (χ0n) is 19.1. The Hall–Kier alpha value is -3.41. The zero-order chi connectivity index (χ0) is 24.6. The van der Waals surface area contributed by atoms with Crippen LogP contribution in [0.1, 0.15) is 12.8 Å². The third-order valence-corrected chi connectivity index (χ3v) is 8.57. The number of fused-ring (bicyclic) bond motifs is 1. The van der Waals surface area contributed by atoms with Crippen molar-refractivity contribution in [3.8, 4) is 23.0 Å². The van der Waals surface area contributed by atoms with Gasteiger partial charge in [-0.2, -0.15) is 4.31 Å². The van der Waals surface area contributed by atoms with Crippen LogP contribution in [0.4, 0.5) is 5.13 Å². The van der Waals surface area contributed by atoms with Gasteiger partial charge in [0.05, 0.1) is 19.1 Å². The van der Waals surface area contributed by atoms with Crippen molar-refractivity contribution in [2.45, 2.75) is 23.8 Å². The second kappa shape index (κ2) is 9.33. The van der Waals surface area contributed by atoms with E-state index in [1.165, 1.54) is 34.9 Å². The number of anilines is 1. The summed E-state index contributed by atoms with van der Waals surface area (Å²) in [5, 5.41) is 5.80. The highest BCUT2D eigenvalue weighted by Crippen LogP contribution is 2.35. The number of benzene rings is 2. The molecule has 1 atom stereocenters. The maximum Gasteiger partial charge on any atom is 0.244 e. The number of hydrogen-bond acceptors (Lipinski definition) is 8. The Kier molecular flexibility index (Phi) is 6.22. The lowest BCUT2D eigenvalue weighted by molar-refractivity contribution is -0.119. The molecule has 1 aliphatic heterocycles. The summed E-state index contributed by atoms with van der Waals surface area (Å²) in [6.07, 6.45) is 1.03. The van der Waals surface area contributed by atoms with Gasteiger partial charge in [-0.3, -0.25) is 4.79 Å². The van der Waals surface area contributed by atoms with Gasteiger partial charge in [-0.05, 0) is 49.2 Å². The molecule has 1 amide bonds. The van der Waals surface area contributed by atoms with Gasteiger partial charge in [-0.25, -0.2) is 13.4 Å². The van der Waals surface area contributed by atoms with Crippen LogP contribution in [0.5, 0.6) is 11.5 Å². The van der Waals surface area contributed by atoms with Crippen LogP contribution < -0.4 is 14.8 Å². The highest BCUT2D eigenvalue weighted by molar-refractivity contribution is 7.89. The lowest BCUT2D eigenvalue weighted by Crippen LogP contribution is -2.43. The molecule has 1 N–H and O–H groups in total. The van der Waals surface area contributed by atoms with Crippen molar-refractivity contribution in [1.29, 1.82) is 0 Å². The van der Waals surface area contributed by atoms with Crippen molar-refractivity contribution in [1.82, 2.24) is 9.29 Å². The fourth-order valence-electron chi connectivity index (χ4n) is 4.13. The summed E-state index contributed by atoms with van der Waals surface area (Å²) < 4.78 is 44.0. The summed E-state index contributed by atoms with van der Waals surface area (Å²) in [4.78, 5) is 17.7. The van der Waals surface area contributed by atoms with Crippen LogP contribution in [0.3, 0.4) is 0 Å². The molecule has 4 aromatic rings. The van der Waals surface area contributed by atoms with Crippen LogP contribution in [0, 0.1) is 0 Å². The van der Waals surface area contributed by atoms with Crippen molar-refractivity contribution in [3.63, 3.8) is 0 Å². The van der Waals surface area contributed by atoms with E-state index in [1.807, 2.05) is 24.3 Å². The monoisotopic (exact) mass is 513 g/mol. The summed E-state index contributed by atoms with van der Waals surface area (Å²) in [6, 6.07) is 12.8. The van der Waals surface area contributed by atoms with E-state index in [-0.39, 0.29) is 11.4 Å². The largest absolute Gasteiger partial charge is 0.497 e. The first-order chi connectivity index (χ1) is 16.9. The molecule has 0 saturated carbocycles. The molecule has 2 aromatic carbocycles. The van der Waals surface area contributed by atoms with Crippen LogP contribution in [0.15, 0.2) is 63.2 Å². The van der Waals surface area contributed by atoms with Gasteiger partial charge in [0.2, 0.25) is 15.9 Å². The van der Waals surface area contributed by atoms with Gasteiger partial charge in [0.15, 0.2) is 22.2 Å². The van der Waals surface area contributed by atoms with E-state index in [0.29, 0.717) is 46.5 Å². The number of furan rings is 1. The van der Waals surface area contributed by atoms with Crippen molar-refractivity contribution in [3.05, 3.63) is 53.9 Å². The smallest absolute Gasteiger partial charge is 0.244 e. The van der Waals surface area contributed by atoms with Crippen molar-refractivity contribution in [2.75, 3.05) is 26.1 Å². The Morgan fingerprint density at radius 2 is 1.97 bits per heavy atom. The Bertz CT molecular complexity index is 1480. The van der Waals surface area contributed by atoms with Crippen molar-refractivity contribution < 1.29 is 27.1 Å². The van der Waals surface area contributed by atoms with Crippen LogP contribution in [-0.4, -0.2) is 50.4 Å². The van der Waals surface area contributed by atoms with Crippen LogP contribution in [0.2, 0.25) is 0 Å². The van der Waals surface area contributed by atoms with Crippen LogP contribution in [-0.2, 0) is 14.8 Å². The number of ether oxygens (including phenoxy) is 2. The summed E-state index contributed by atoms with van der Waals surface area (Å²) in [5.74, 6) is 1.32. The minimum Gasteiger partial charge on any atom is -0.497 e. The quantitative estimate of drug-likeness (QED) is 0.391. The lowest BCUT2D eigenvalue weighted by Gasteiger charge is -2.23. The van der Waals surface area contributed by atoms with Crippen LogP contribution >= 0.6 is 11.3 Å². The Morgan fingerprint density at radius 3 is 2.71 bits per heavy atom. The van der Waals surface area contributed by atoms with E-state index in [1.54, 1.807) is 24.6 Å². The number of thiazole rings is 1. The second-order valence-corrected chi connectivity index (χ2v) is 10.7. The first-order valence-corrected chi connectivity index (χ1v) is 13.2. The predicted octanol–water partition coefficient (Wildman–Crippen LogP) is 4.37. The number of sulfonamides is 1. The van der Waals surface area contributed by atoms with E-state index in [4.69, 9.17) is 13.9 Å². The zero-order valence-corrected chi connectivity index (χ0v) is 20.7. The number of carbonyl (C=O) groups is 1. The van der Waals surface area contributed by atoms with E-state index in [9.17, 15) is 13.2 Å². The van der Waals surface area contributed by atoms with Crippen LogP contribution in [0.25, 0.3) is 22.4 Å². The molecule has 9 nitrogen and oxygen atoms in total. The van der Waals surface area contributed by atoms with Gasteiger partial charge in [0.25, 0.3) is 0 Å². The molecule has 5 rings (SSSR count). The van der Waals surface area contributed by atoms with Gasteiger partial charge in [0, 0.05) is 17.3 Å². The summed E-state index contributed by atoms with van der Waals surface area (Å²) in [7, 11) is -0.745. The molecule has 1 fully saturated rings. The molecule has 0 aliphatic carbocycles. The normalized spacial score (nSPS) is 16.5. The fourth-order valence-corrected chi connectivity index (χ4v) is 6.49. The number of nitrogens with zero attached hydrogens (tertiary/aromatic N) is 2. The van der Waals surface area contributed by atoms with E-state index in [2.05, 4.69) is 10.3 Å². The van der Waals surface area contributed by atoms with Gasteiger partial charge < -0.3 is 19.2 Å². The minimum atomic E-state index is -3.84. The molecule has 0 spiro atoms. The third kappa shape index (κ3) is 4.38. The van der Waals surface area contributed by atoms with Gasteiger partial charge in [0.1, 0.15) is 17.5 Å². The molecule has 1 aliphatic rings. The number of aromatic nitrogens is 1. The highest BCUT2D eigenvalue weighted by atomic mass is 32.2. The average Bonchev–Trinajstić information content (AvgIpc) is 3.63. The highest BCUT2D eigenvalue weighted by Gasteiger charge is 2.39. The molecule has 11 heteroatoms. The summed E-state index contributed by atoms with van der Waals surface area (Å²) >= 11 is 1.24. The molecule has 1 saturated heterocycles. The van der Waals surface area contributed by atoms with E-state index in [0.717, 1.165) is 5.39 Å². The molecular weight excluding hydrogens is 490 g/mol. The second-order valence-electron chi connectivity index (χ2n) is 7.97. The molecule has 0 bridgehead atoms. The number of amides is 1. The van der Waals surface area contributed by atoms with Crippen molar-refractivity contribution in [2.24, 2.45) is 0 Å². The SMILES string of the molecule is COc1ccc(S(=O)(=O)N2CCCC2C(=O)Nc2nc(-c3cc4cccc(OC)c4o3)cs2)cc1. The maximum absolute atomic E-state index is 13.2. The third-order valence-electron chi connectivity index (χ3n) is 5.89. The maximum atomic E-state index is 13.2. The molecule has 3 heterocycles. The number of carbonyl (C=O) groups excluding carboxylic acids is 1. The number of nitrogens with one attached hydrogen (secondary N) is 1. The van der Waals surface area contributed by atoms with E-state index < -0.39 is 22.0 Å². The Labute approximate surface area is 206 Å². The molecule has 1 unspecified atom stereocenters. The fraction of sp³-hybridized carbons (Fsp3) is 0.250. The van der Waals surface area contributed by atoms with E-state index >= 15 is 0 Å². The topological polar surface area (TPSA) is 111 Å². The average molecular weight is 514 g/mol. The number of para-hydroxylation sites is 1. The Morgan fingerprint density at radius 1 is 1.17 bits per heavy atom. The number of methoxy groups -OCH3 is 2. The Balaban J connectivity index is 1.33. The van der Waals surface area contributed by atoms with Gasteiger partial charge >= 0.3 is 0 Å². The van der Waals surface area contributed by atoms with Gasteiger partial charge in [-0.15, -0.1) is 11.3 Å². The minimum absolute atomic E-state index is 0.120. The van der Waals surface area contributed by atoms with Gasteiger partial charge in [-0.1, -0.05) is 12.1 Å². The summed E-state index contributed by atoms with van der Waals surface area (Å²) in [6.45, 7) is 0.274. The molecule has 35 heavy (non-hydrogen) atoms. The molecule has 182 valence electrons. The molecular formula is C24H23N3O6S2. The van der Waals surface area contributed by atoms with Crippen molar-refractivity contribution >= 4 is 43.4 Å².